The molecule has 1 saturated heterocycles. The maximum absolute atomic E-state index is 12.1. The molecule has 1 aliphatic heterocycles. The Hall–Kier alpha value is -1.33. The van der Waals surface area contributed by atoms with Gasteiger partial charge in [-0.15, -0.1) is 0 Å². The van der Waals surface area contributed by atoms with Crippen LogP contribution in [0.3, 0.4) is 0 Å². The number of carbonyl (C=O) groups excluding carboxylic acids is 1. The summed E-state index contributed by atoms with van der Waals surface area (Å²) in [7, 11) is 1.63. The number of rotatable bonds is 3. The molecule has 0 spiro atoms. The van der Waals surface area contributed by atoms with Crippen LogP contribution in [-0.2, 0) is 4.74 Å². The lowest BCUT2D eigenvalue weighted by Crippen LogP contribution is -2.38. The SMILES string of the molecule is CO[C@@H]1C[C@@H](CO)N(C(=O)c2ccc[nH]2)C1. The van der Waals surface area contributed by atoms with Gasteiger partial charge in [0, 0.05) is 19.9 Å². The highest BCUT2D eigenvalue weighted by atomic mass is 16.5. The minimum atomic E-state index is -0.138. The third-order valence-corrected chi connectivity index (χ3v) is 3.01. The Labute approximate surface area is 94.0 Å². The summed E-state index contributed by atoms with van der Waals surface area (Å²) in [5.74, 6) is -0.0800. The molecule has 2 N–H and O–H groups in total. The highest BCUT2D eigenvalue weighted by Gasteiger charge is 2.35. The number of carbonyl (C=O) groups is 1. The summed E-state index contributed by atoms with van der Waals surface area (Å²) in [6.45, 7) is 0.520. The van der Waals surface area contributed by atoms with Crippen molar-refractivity contribution in [1.29, 1.82) is 0 Å². The van der Waals surface area contributed by atoms with E-state index in [1.54, 1.807) is 30.3 Å². The second-order valence-electron chi connectivity index (χ2n) is 3.97. The molecule has 1 aliphatic rings. The van der Waals surface area contributed by atoms with Crippen molar-refractivity contribution in [2.45, 2.75) is 18.6 Å². The Balaban J connectivity index is 2.11. The summed E-state index contributed by atoms with van der Waals surface area (Å²) < 4.78 is 5.23. The number of aromatic nitrogens is 1. The van der Waals surface area contributed by atoms with E-state index >= 15 is 0 Å². The first-order valence-electron chi connectivity index (χ1n) is 5.34. The van der Waals surface area contributed by atoms with Crippen LogP contribution in [0.5, 0.6) is 0 Å². The third kappa shape index (κ3) is 1.96. The number of likely N-dealkylation sites (tertiary alicyclic amines) is 1. The van der Waals surface area contributed by atoms with Crippen molar-refractivity contribution in [2.75, 3.05) is 20.3 Å². The van der Waals surface area contributed by atoms with Gasteiger partial charge in [-0.3, -0.25) is 4.79 Å². The molecule has 0 aliphatic carbocycles. The average molecular weight is 224 g/mol. The van der Waals surface area contributed by atoms with Crippen LogP contribution < -0.4 is 0 Å². The topological polar surface area (TPSA) is 65.6 Å². The first-order chi connectivity index (χ1) is 7.76. The molecule has 2 rings (SSSR count). The molecule has 5 nitrogen and oxygen atoms in total. The van der Waals surface area contributed by atoms with Gasteiger partial charge in [0.25, 0.3) is 5.91 Å². The van der Waals surface area contributed by atoms with E-state index in [0.29, 0.717) is 18.7 Å². The number of aliphatic hydroxyl groups excluding tert-OH is 1. The van der Waals surface area contributed by atoms with Gasteiger partial charge >= 0.3 is 0 Å². The zero-order valence-electron chi connectivity index (χ0n) is 9.22. The molecule has 0 saturated carbocycles. The molecule has 16 heavy (non-hydrogen) atoms. The summed E-state index contributed by atoms with van der Waals surface area (Å²) >= 11 is 0. The molecule has 0 bridgehead atoms. The van der Waals surface area contributed by atoms with Crippen molar-refractivity contribution in [1.82, 2.24) is 9.88 Å². The van der Waals surface area contributed by atoms with Crippen LogP contribution in [0.1, 0.15) is 16.9 Å². The summed E-state index contributed by atoms with van der Waals surface area (Å²) in [5, 5.41) is 9.24. The maximum Gasteiger partial charge on any atom is 0.270 e. The van der Waals surface area contributed by atoms with Crippen molar-refractivity contribution >= 4 is 5.91 Å². The van der Waals surface area contributed by atoms with Crippen LogP contribution in [0, 0.1) is 0 Å². The van der Waals surface area contributed by atoms with Crippen LogP contribution >= 0.6 is 0 Å². The molecule has 1 amide bonds. The number of nitrogens with zero attached hydrogens (tertiary/aromatic N) is 1. The highest BCUT2D eigenvalue weighted by Crippen LogP contribution is 2.21. The molecule has 0 radical (unpaired) electrons. The van der Waals surface area contributed by atoms with E-state index in [9.17, 15) is 9.90 Å². The van der Waals surface area contributed by atoms with Gasteiger partial charge in [0.05, 0.1) is 18.8 Å². The number of hydrogen-bond donors (Lipinski definition) is 2. The van der Waals surface area contributed by atoms with Gasteiger partial charge in [-0.1, -0.05) is 0 Å². The molecular formula is C11H16N2O3. The van der Waals surface area contributed by atoms with E-state index in [-0.39, 0.29) is 24.7 Å². The number of nitrogens with one attached hydrogen (secondary N) is 1. The second kappa shape index (κ2) is 4.67. The highest BCUT2D eigenvalue weighted by molar-refractivity contribution is 5.92. The number of amides is 1. The van der Waals surface area contributed by atoms with E-state index in [4.69, 9.17) is 4.74 Å². The first kappa shape index (κ1) is 11.2. The van der Waals surface area contributed by atoms with Crippen molar-refractivity contribution in [3.8, 4) is 0 Å². The Morgan fingerprint density at radius 2 is 2.56 bits per heavy atom. The molecule has 2 heterocycles. The van der Waals surface area contributed by atoms with Crippen LogP contribution in [0.25, 0.3) is 0 Å². The molecule has 1 fully saturated rings. The average Bonchev–Trinajstić information content (AvgIpc) is 2.96. The zero-order valence-corrected chi connectivity index (χ0v) is 9.22. The van der Waals surface area contributed by atoms with Gasteiger partial charge in [0.2, 0.25) is 0 Å². The van der Waals surface area contributed by atoms with Crippen molar-refractivity contribution in [3.63, 3.8) is 0 Å². The van der Waals surface area contributed by atoms with Crippen molar-refractivity contribution in [2.24, 2.45) is 0 Å². The molecule has 0 unspecified atom stereocenters. The van der Waals surface area contributed by atoms with E-state index in [0.717, 1.165) is 0 Å². The largest absolute Gasteiger partial charge is 0.394 e. The lowest BCUT2D eigenvalue weighted by molar-refractivity contribution is 0.0643. The number of aliphatic hydroxyl groups is 1. The normalized spacial score (nSPS) is 25.0. The minimum absolute atomic E-state index is 0.0215. The fraction of sp³-hybridized carbons (Fsp3) is 0.545. The monoisotopic (exact) mass is 224 g/mol. The Morgan fingerprint density at radius 1 is 1.75 bits per heavy atom. The molecule has 2 atom stereocenters. The lowest BCUT2D eigenvalue weighted by Gasteiger charge is -2.21. The lowest BCUT2D eigenvalue weighted by atomic mass is 10.2. The summed E-state index contributed by atoms with van der Waals surface area (Å²) in [5.41, 5.74) is 0.551. The number of aromatic amines is 1. The van der Waals surface area contributed by atoms with E-state index in [1.165, 1.54) is 0 Å². The number of ether oxygens (including phenoxy) is 1. The zero-order chi connectivity index (χ0) is 11.5. The predicted octanol–water partition coefficient (Wildman–Crippen LogP) is 0.236. The Morgan fingerprint density at radius 3 is 3.12 bits per heavy atom. The number of hydrogen-bond acceptors (Lipinski definition) is 3. The van der Waals surface area contributed by atoms with E-state index < -0.39 is 0 Å². The van der Waals surface area contributed by atoms with Crippen LogP contribution in [0.15, 0.2) is 18.3 Å². The maximum atomic E-state index is 12.1. The fourth-order valence-electron chi connectivity index (χ4n) is 2.08. The fourth-order valence-corrected chi connectivity index (χ4v) is 2.08. The Kier molecular flexibility index (Phi) is 3.26. The van der Waals surface area contributed by atoms with Gasteiger partial charge < -0.3 is 19.7 Å². The second-order valence-corrected chi connectivity index (χ2v) is 3.97. The van der Waals surface area contributed by atoms with Crippen LogP contribution in [0.2, 0.25) is 0 Å². The quantitative estimate of drug-likeness (QED) is 0.772. The smallest absolute Gasteiger partial charge is 0.270 e. The van der Waals surface area contributed by atoms with Crippen molar-refractivity contribution in [3.05, 3.63) is 24.0 Å². The predicted molar refractivity (Wildman–Crippen MR) is 58.1 cm³/mol. The summed E-state index contributed by atoms with van der Waals surface area (Å²) in [6.07, 6.45) is 2.43. The molecule has 5 heteroatoms. The molecule has 1 aromatic heterocycles. The number of H-pyrrole nitrogens is 1. The van der Waals surface area contributed by atoms with Crippen molar-refractivity contribution < 1.29 is 14.6 Å². The molecule has 1 aromatic rings. The standard InChI is InChI=1S/C11H16N2O3/c1-16-9-5-8(7-14)13(6-9)11(15)10-3-2-4-12-10/h2-4,8-9,12,14H,5-7H2,1H3/t8-,9+/m0/s1. The van der Waals surface area contributed by atoms with E-state index in [2.05, 4.69) is 4.98 Å². The van der Waals surface area contributed by atoms with Gasteiger partial charge in [-0.25, -0.2) is 0 Å². The minimum Gasteiger partial charge on any atom is -0.394 e. The molecular weight excluding hydrogens is 208 g/mol. The first-order valence-corrected chi connectivity index (χ1v) is 5.34. The molecule has 0 aromatic carbocycles. The van der Waals surface area contributed by atoms with Gasteiger partial charge in [-0.2, -0.15) is 0 Å². The summed E-state index contributed by atoms with van der Waals surface area (Å²) in [4.78, 5) is 16.6. The number of methoxy groups -OCH3 is 1. The van der Waals surface area contributed by atoms with Gasteiger partial charge in [0.1, 0.15) is 5.69 Å². The van der Waals surface area contributed by atoms with Gasteiger partial charge in [-0.05, 0) is 18.6 Å². The molecule has 88 valence electrons. The third-order valence-electron chi connectivity index (χ3n) is 3.01. The summed E-state index contributed by atoms with van der Waals surface area (Å²) in [6, 6.07) is 3.38. The van der Waals surface area contributed by atoms with Crippen LogP contribution in [0.4, 0.5) is 0 Å². The van der Waals surface area contributed by atoms with Gasteiger partial charge in [0.15, 0.2) is 0 Å². The Bertz CT molecular complexity index is 350. The van der Waals surface area contributed by atoms with E-state index in [1.807, 2.05) is 0 Å². The van der Waals surface area contributed by atoms with Crippen LogP contribution in [-0.4, -0.2) is 53.3 Å².